The van der Waals surface area contributed by atoms with Crippen molar-refractivity contribution >= 4 is 22.9 Å². The Labute approximate surface area is 144 Å². The zero-order valence-corrected chi connectivity index (χ0v) is 13.7. The van der Waals surface area contributed by atoms with E-state index in [2.05, 4.69) is 20.6 Å². The van der Waals surface area contributed by atoms with Gasteiger partial charge in [-0.05, 0) is 18.6 Å². The standard InChI is InChI=1S/C18H17N5O2/c1-2-10-23-18(25)15-8-4-3-7-14(15)16(22-23)17(24)21-20-12-13-6-5-9-19-11-13/h3-9,11-12H,2,10H2,1H3,(H,21,24)/b20-12+. The Kier molecular flexibility index (Phi) is 4.94. The van der Waals surface area contributed by atoms with E-state index in [0.29, 0.717) is 17.3 Å². The quantitative estimate of drug-likeness (QED) is 0.570. The molecule has 0 atom stereocenters. The molecule has 0 unspecified atom stereocenters. The van der Waals surface area contributed by atoms with Crippen molar-refractivity contribution in [3.8, 4) is 0 Å². The number of carbonyl (C=O) groups excluding carboxylic acids is 1. The van der Waals surface area contributed by atoms with E-state index in [9.17, 15) is 9.59 Å². The Hall–Kier alpha value is -3.35. The van der Waals surface area contributed by atoms with Crippen LogP contribution in [0.25, 0.3) is 10.8 Å². The molecule has 0 fully saturated rings. The molecule has 7 heteroatoms. The number of aryl methyl sites for hydroxylation is 1. The van der Waals surface area contributed by atoms with Crippen LogP contribution in [0.2, 0.25) is 0 Å². The third-order valence-electron chi connectivity index (χ3n) is 3.58. The van der Waals surface area contributed by atoms with Gasteiger partial charge in [0.05, 0.1) is 11.6 Å². The number of fused-ring (bicyclic) bond motifs is 1. The molecule has 0 saturated heterocycles. The number of nitrogens with zero attached hydrogens (tertiary/aromatic N) is 4. The summed E-state index contributed by atoms with van der Waals surface area (Å²) in [6.45, 7) is 2.39. The Morgan fingerprint density at radius 2 is 2.04 bits per heavy atom. The van der Waals surface area contributed by atoms with E-state index in [4.69, 9.17) is 0 Å². The van der Waals surface area contributed by atoms with Gasteiger partial charge in [-0.15, -0.1) is 0 Å². The third-order valence-corrected chi connectivity index (χ3v) is 3.58. The predicted octanol–water partition coefficient (Wildman–Crippen LogP) is 1.97. The lowest BCUT2D eigenvalue weighted by Gasteiger charge is -2.09. The van der Waals surface area contributed by atoms with E-state index in [1.807, 2.05) is 13.0 Å². The number of amides is 1. The van der Waals surface area contributed by atoms with E-state index < -0.39 is 5.91 Å². The highest BCUT2D eigenvalue weighted by atomic mass is 16.2. The summed E-state index contributed by atoms with van der Waals surface area (Å²) in [5, 5.41) is 9.13. The summed E-state index contributed by atoms with van der Waals surface area (Å²) in [7, 11) is 0. The van der Waals surface area contributed by atoms with Gasteiger partial charge in [-0.25, -0.2) is 10.1 Å². The average molecular weight is 335 g/mol. The maximum Gasteiger partial charge on any atom is 0.292 e. The fraction of sp³-hybridized carbons (Fsp3) is 0.167. The molecule has 7 nitrogen and oxygen atoms in total. The molecule has 25 heavy (non-hydrogen) atoms. The first-order chi connectivity index (χ1) is 12.2. The molecule has 0 bridgehead atoms. The van der Waals surface area contributed by atoms with Gasteiger partial charge in [0, 0.05) is 29.9 Å². The minimum absolute atomic E-state index is 0.173. The molecular weight excluding hydrogens is 318 g/mol. The predicted molar refractivity (Wildman–Crippen MR) is 95.6 cm³/mol. The maximum atomic E-state index is 12.5. The van der Waals surface area contributed by atoms with Crippen LogP contribution in [0, 0.1) is 0 Å². The molecule has 0 spiro atoms. The number of carbonyl (C=O) groups is 1. The van der Waals surface area contributed by atoms with Gasteiger partial charge in [-0.3, -0.25) is 14.6 Å². The number of aromatic nitrogens is 3. The first kappa shape index (κ1) is 16.5. The van der Waals surface area contributed by atoms with Crippen LogP contribution < -0.4 is 11.0 Å². The number of hydrogen-bond acceptors (Lipinski definition) is 5. The smallest absolute Gasteiger partial charge is 0.267 e. The summed E-state index contributed by atoms with van der Waals surface area (Å²) in [5.74, 6) is -0.471. The summed E-state index contributed by atoms with van der Waals surface area (Å²) < 4.78 is 1.32. The summed E-state index contributed by atoms with van der Waals surface area (Å²) in [4.78, 5) is 28.9. The summed E-state index contributed by atoms with van der Waals surface area (Å²) in [6, 6.07) is 10.5. The van der Waals surface area contributed by atoms with Crippen LogP contribution in [-0.4, -0.2) is 26.9 Å². The lowest BCUT2D eigenvalue weighted by molar-refractivity contribution is 0.0949. The number of pyridine rings is 1. The van der Waals surface area contributed by atoms with Crippen molar-refractivity contribution in [2.75, 3.05) is 0 Å². The minimum Gasteiger partial charge on any atom is -0.267 e. The van der Waals surface area contributed by atoms with Crippen LogP contribution in [0.3, 0.4) is 0 Å². The molecule has 3 aromatic rings. The monoisotopic (exact) mass is 335 g/mol. The van der Waals surface area contributed by atoms with E-state index >= 15 is 0 Å². The van der Waals surface area contributed by atoms with Crippen molar-refractivity contribution in [2.45, 2.75) is 19.9 Å². The average Bonchev–Trinajstić information content (AvgIpc) is 2.65. The van der Waals surface area contributed by atoms with Gasteiger partial charge in [-0.1, -0.05) is 31.2 Å². The fourth-order valence-corrected chi connectivity index (χ4v) is 2.44. The summed E-state index contributed by atoms with van der Waals surface area (Å²) in [6.07, 6.45) is 5.52. The Bertz CT molecular complexity index is 980. The first-order valence-electron chi connectivity index (χ1n) is 7.94. The molecule has 1 amide bonds. The van der Waals surface area contributed by atoms with Crippen LogP contribution in [0.4, 0.5) is 0 Å². The largest absolute Gasteiger partial charge is 0.292 e. The molecule has 0 aliphatic rings. The van der Waals surface area contributed by atoms with E-state index in [1.165, 1.54) is 10.9 Å². The molecule has 1 N–H and O–H groups in total. The van der Waals surface area contributed by atoms with Gasteiger partial charge in [0.1, 0.15) is 0 Å². The maximum absolute atomic E-state index is 12.5. The second-order valence-electron chi connectivity index (χ2n) is 5.41. The van der Waals surface area contributed by atoms with Crippen LogP contribution in [0.1, 0.15) is 29.4 Å². The van der Waals surface area contributed by atoms with Gasteiger partial charge in [0.25, 0.3) is 11.5 Å². The topological polar surface area (TPSA) is 89.2 Å². The van der Waals surface area contributed by atoms with Gasteiger partial charge < -0.3 is 0 Å². The van der Waals surface area contributed by atoms with Gasteiger partial charge >= 0.3 is 0 Å². The molecule has 0 radical (unpaired) electrons. The van der Waals surface area contributed by atoms with Crippen molar-refractivity contribution < 1.29 is 4.79 Å². The molecular formula is C18H17N5O2. The SMILES string of the molecule is CCCn1nc(C(=O)N/N=C/c2cccnc2)c2ccccc2c1=O. The Balaban J connectivity index is 1.94. The van der Waals surface area contributed by atoms with Crippen LogP contribution in [0.5, 0.6) is 0 Å². The molecule has 0 aliphatic carbocycles. The number of rotatable bonds is 5. The minimum atomic E-state index is -0.471. The second-order valence-corrected chi connectivity index (χ2v) is 5.41. The number of benzene rings is 1. The highest BCUT2D eigenvalue weighted by molar-refractivity contribution is 6.04. The number of hydrazone groups is 1. The Morgan fingerprint density at radius 3 is 2.76 bits per heavy atom. The number of nitrogens with one attached hydrogen (secondary N) is 1. The zero-order valence-electron chi connectivity index (χ0n) is 13.7. The highest BCUT2D eigenvalue weighted by Gasteiger charge is 2.15. The third kappa shape index (κ3) is 3.60. The first-order valence-corrected chi connectivity index (χ1v) is 7.94. The molecule has 0 aliphatic heterocycles. The molecule has 3 rings (SSSR count). The normalized spacial score (nSPS) is 11.1. The van der Waals surface area contributed by atoms with E-state index in [0.717, 1.165) is 12.0 Å². The molecule has 2 heterocycles. The lowest BCUT2D eigenvalue weighted by Crippen LogP contribution is -2.29. The van der Waals surface area contributed by atoms with Crippen LogP contribution in [0.15, 0.2) is 58.7 Å². The lowest BCUT2D eigenvalue weighted by atomic mass is 10.1. The zero-order chi connectivity index (χ0) is 17.6. The summed E-state index contributed by atoms with van der Waals surface area (Å²) in [5.41, 5.74) is 3.19. The van der Waals surface area contributed by atoms with Crippen molar-refractivity contribution in [1.29, 1.82) is 0 Å². The van der Waals surface area contributed by atoms with Crippen molar-refractivity contribution in [1.82, 2.24) is 20.2 Å². The highest BCUT2D eigenvalue weighted by Crippen LogP contribution is 2.13. The Morgan fingerprint density at radius 1 is 1.24 bits per heavy atom. The van der Waals surface area contributed by atoms with Gasteiger partial charge in [0.15, 0.2) is 5.69 Å². The van der Waals surface area contributed by atoms with Crippen LogP contribution in [-0.2, 0) is 6.54 Å². The molecule has 2 aromatic heterocycles. The van der Waals surface area contributed by atoms with Crippen molar-refractivity contribution in [2.24, 2.45) is 5.10 Å². The van der Waals surface area contributed by atoms with Gasteiger partial charge in [-0.2, -0.15) is 10.2 Å². The van der Waals surface area contributed by atoms with Crippen molar-refractivity contribution in [3.05, 3.63) is 70.4 Å². The van der Waals surface area contributed by atoms with Gasteiger partial charge in [0.2, 0.25) is 0 Å². The number of hydrogen-bond donors (Lipinski definition) is 1. The van der Waals surface area contributed by atoms with E-state index in [1.54, 1.807) is 42.7 Å². The molecule has 0 saturated carbocycles. The second kappa shape index (κ2) is 7.48. The van der Waals surface area contributed by atoms with Crippen molar-refractivity contribution in [3.63, 3.8) is 0 Å². The molecule has 1 aromatic carbocycles. The van der Waals surface area contributed by atoms with E-state index in [-0.39, 0.29) is 11.3 Å². The fourth-order valence-electron chi connectivity index (χ4n) is 2.44. The van der Waals surface area contributed by atoms with Crippen LogP contribution >= 0.6 is 0 Å². The molecule has 126 valence electrons. The summed E-state index contributed by atoms with van der Waals surface area (Å²) >= 11 is 0.